The third-order valence-electron chi connectivity index (χ3n) is 2.41. The lowest BCUT2D eigenvalue weighted by Gasteiger charge is -2.06. The minimum atomic E-state index is -0.134. The number of nitrogens with zero attached hydrogens (tertiary/aromatic N) is 2. The molecule has 18 heavy (non-hydrogen) atoms. The summed E-state index contributed by atoms with van der Waals surface area (Å²) in [6.45, 7) is 1.46. The smallest absolute Gasteiger partial charge is 0.222 e. The van der Waals surface area contributed by atoms with Gasteiger partial charge < -0.3 is 10.6 Å². The minimum Gasteiger partial charge on any atom is -0.373 e. The first-order valence-electron chi connectivity index (χ1n) is 5.57. The van der Waals surface area contributed by atoms with Crippen LogP contribution in [0.1, 0.15) is 6.92 Å². The fourth-order valence-electron chi connectivity index (χ4n) is 1.61. The first-order valence-corrected chi connectivity index (χ1v) is 5.57. The van der Waals surface area contributed by atoms with E-state index in [1.54, 1.807) is 12.4 Å². The van der Waals surface area contributed by atoms with Gasteiger partial charge in [-0.3, -0.25) is 4.79 Å². The van der Waals surface area contributed by atoms with Gasteiger partial charge in [0.15, 0.2) is 0 Å². The number of carbonyl (C=O) groups is 1. The molecule has 0 spiro atoms. The number of rotatable bonds is 3. The van der Waals surface area contributed by atoms with E-state index in [1.807, 2.05) is 31.3 Å². The SMILES string of the molecule is CNc1cc(-c2ccnc(NC(C)=O)c2)ccn1. The molecule has 2 aromatic rings. The van der Waals surface area contributed by atoms with Crippen LogP contribution in [0.4, 0.5) is 11.6 Å². The van der Waals surface area contributed by atoms with E-state index in [0.29, 0.717) is 5.82 Å². The Labute approximate surface area is 105 Å². The fraction of sp³-hybridized carbons (Fsp3) is 0.154. The van der Waals surface area contributed by atoms with Gasteiger partial charge in [-0.15, -0.1) is 0 Å². The molecule has 5 heteroatoms. The summed E-state index contributed by atoms with van der Waals surface area (Å²) < 4.78 is 0. The highest BCUT2D eigenvalue weighted by atomic mass is 16.1. The van der Waals surface area contributed by atoms with E-state index >= 15 is 0 Å². The number of hydrogen-bond donors (Lipinski definition) is 2. The van der Waals surface area contributed by atoms with Gasteiger partial charge in [-0.1, -0.05) is 0 Å². The third-order valence-corrected chi connectivity index (χ3v) is 2.41. The molecule has 0 saturated heterocycles. The summed E-state index contributed by atoms with van der Waals surface area (Å²) in [5.41, 5.74) is 2.00. The summed E-state index contributed by atoms with van der Waals surface area (Å²) in [5, 5.41) is 5.65. The lowest BCUT2D eigenvalue weighted by atomic mass is 10.1. The largest absolute Gasteiger partial charge is 0.373 e. The fourth-order valence-corrected chi connectivity index (χ4v) is 1.61. The standard InChI is InChI=1S/C13H14N4O/c1-9(18)17-13-8-11(4-6-16-13)10-3-5-15-12(7-10)14-2/h3-8H,1-2H3,(H,14,15)(H,16,17,18). The monoisotopic (exact) mass is 242 g/mol. The van der Waals surface area contributed by atoms with Crippen LogP contribution in [-0.2, 0) is 4.79 Å². The Balaban J connectivity index is 2.34. The van der Waals surface area contributed by atoms with E-state index in [-0.39, 0.29) is 5.91 Å². The van der Waals surface area contributed by atoms with Crippen LogP contribution < -0.4 is 10.6 Å². The topological polar surface area (TPSA) is 66.9 Å². The second-order valence-corrected chi connectivity index (χ2v) is 3.79. The molecule has 0 aliphatic heterocycles. The Kier molecular flexibility index (Phi) is 3.52. The Morgan fingerprint density at radius 1 is 1.06 bits per heavy atom. The molecule has 2 N–H and O–H groups in total. The predicted octanol–water partition coefficient (Wildman–Crippen LogP) is 2.14. The van der Waals surface area contributed by atoms with Crippen LogP contribution in [0.25, 0.3) is 11.1 Å². The number of amides is 1. The van der Waals surface area contributed by atoms with E-state index in [9.17, 15) is 4.79 Å². The minimum absolute atomic E-state index is 0.134. The number of carbonyl (C=O) groups excluding carboxylic acids is 1. The quantitative estimate of drug-likeness (QED) is 0.865. The molecule has 2 rings (SSSR count). The summed E-state index contributed by atoms with van der Waals surface area (Å²) in [5.74, 6) is 1.21. The maximum absolute atomic E-state index is 11.0. The van der Waals surface area contributed by atoms with Gasteiger partial charge in [0.25, 0.3) is 0 Å². The Morgan fingerprint density at radius 2 is 1.61 bits per heavy atom. The van der Waals surface area contributed by atoms with Crippen molar-refractivity contribution in [1.29, 1.82) is 0 Å². The first-order chi connectivity index (χ1) is 8.69. The van der Waals surface area contributed by atoms with Crippen LogP contribution in [0.5, 0.6) is 0 Å². The highest BCUT2D eigenvalue weighted by Gasteiger charge is 2.02. The van der Waals surface area contributed by atoms with Crippen LogP contribution in [0.3, 0.4) is 0 Å². The molecule has 0 aliphatic carbocycles. The molecule has 0 aromatic carbocycles. The Hall–Kier alpha value is -2.43. The van der Waals surface area contributed by atoms with Crippen LogP contribution in [-0.4, -0.2) is 22.9 Å². The van der Waals surface area contributed by atoms with E-state index in [2.05, 4.69) is 20.6 Å². The van der Waals surface area contributed by atoms with Crippen molar-refractivity contribution in [2.75, 3.05) is 17.7 Å². The molecule has 2 aromatic heterocycles. The average Bonchev–Trinajstić information content (AvgIpc) is 2.38. The summed E-state index contributed by atoms with van der Waals surface area (Å²) >= 11 is 0. The van der Waals surface area contributed by atoms with Crippen molar-refractivity contribution in [1.82, 2.24) is 9.97 Å². The first kappa shape index (κ1) is 12.0. The predicted molar refractivity (Wildman–Crippen MR) is 71.3 cm³/mol. The molecule has 92 valence electrons. The van der Waals surface area contributed by atoms with Crippen molar-refractivity contribution in [2.24, 2.45) is 0 Å². The molecule has 1 amide bonds. The summed E-state index contributed by atoms with van der Waals surface area (Å²) in [7, 11) is 1.82. The summed E-state index contributed by atoms with van der Waals surface area (Å²) in [6.07, 6.45) is 3.40. The maximum atomic E-state index is 11.0. The molecule has 0 unspecified atom stereocenters. The average molecular weight is 242 g/mol. The molecule has 0 atom stereocenters. The van der Waals surface area contributed by atoms with Gasteiger partial charge in [0.05, 0.1) is 0 Å². The number of aromatic nitrogens is 2. The number of pyridine rings is 2. The van der Waals surface area contributed by atoms with Crippen molar-refractivity contribution >= 4 is 17.5 Å². The second-order valence-electron chi connectivity index (χ2n) is 3.79. The van der Waals surface area contributed by atoms with Crippen LogP contribution in [0.15, 0.2) is 36.7 Å². The Bertz CT molecular complexity index is 568. The summed E-state index contributed by atoms with van der Waals surface area (Å²) in [4.78, 5) is 19.2. The van der Waals surface area contributed by atoms with E-state index in [1.165, 1.54) is 6.92 Å². The highest BCUT2D eigenvalue weighted by Crippen LogP contribution is 2.22. The molecular formula is C13H14N4O. The van der Waals surface area contributed by atoms with Gasteiger partial charge in [0.1, 0.15) is 11.6 Å². The van der Waals surface area contributed by atoms with E-state index in [4.69, 9.17) is 0 Å². The van der Waals surface area contributed by atoms with Gasteiger partial charge in [0.2, 0.25) is 5.91 Å². The Morgan fingerprint density at radius 3 is 2.17 bits per heavy atom. The zero-order valence-corrected chi connectivity index (χ0v) is 10.3. The molecule has 0 fully saturated rings. The number of anilines is 2. The normalized spacial score (nSPS) is 9.89. The molecule has 2 heterocycles. The van der Waals surface area contributed by atoms with Gasteiger partial charge in [-0.05, 0) is 35.4 Å². The van der Waals surface area contributed by atoms with Crippen LogP contribution in [0, 0.1) is 0 Å². The van der Waals surface area contributed by atoms with Crippen molar-refractivity contribution in [2.45, 2.75) is 6.92 Å². The van der Waals surface area contributed by atoms with Crippen molar-refractivity contribution < 1.29 is 4.79 Å². The zero-order chi connectivity index (χ0) is 13.0. The van der Waals surface area contributed by atoms with Gasteiger partial charge in [0, 0.05) is 26.4 Å². The number of nitrogens with one attached hydrogen (secondary N) is 2. The third kappa shape index (κ3) is 2.82. The highest BCUT2D eigenvalue weighted by molar-refractivity contribution is 5.88. The van der Waals surface area contributed by atoms with Crippen molar-refractivity contribution in [3.63, 3.8) is 0 Å². The van der Waals surface area contributed by atoms with Crippen LogP contribution >= 0.6 is 0 Å². The van der Waals surface area contributed by atoms with E-state index in [0.717, 1.165) is 16.9 Å². The van der Waals surface area contributed by atoms with Gasteiger partial charge in [-0.2, -0.15) is 0 Å². The molecule has 5 nitrogen and oxygen atoms in total. The van der Waals surface area contributed by atoms with Crippen molar-refractivity contribution in [3.05, 3.63) is 36.7 Å². The number of hydrogen-bond acceptors (Lipinski definition) is 4. The molecule has 0 saturated carbocycles. The van der Waals surface area contributed by atoms with Gasteiger partial charge >= 0.3 is 0 Å². The lowest BCUT2D eigenvalue weighted by Crippen LogP contribution is -2.07. The van der Waals surface area contributed by atoms with E-state index < -0.39 is 0 Å². The van der Waals surface area contributed by atoms with Crippen molar-refractivity contribution in [3.8, 4) is 11.1 Å². The second kappa shape index (κ2) is 5.27. The zero-order valence-electron chi connectivity index (χ0n) is 10.3. The molecule has 0 bridgehead atoms. The van der Waals surface area contributed by atoms with Gasteiger partial charge in [-0.25, -0.2) is 9.97 Å². The molecule has 0 radical (unpaired) electrons. The lowest BCUT2D eigenvalue weighted by molar-refractivity contribution is -0.114. The molecular weight excluding hydrogens is 228 g/mol. The maximum Gasteiger partial charge on any atom is 0.222 e. The van der Waals surface area contributed by atoms with Crippen LogP contribution in [0.2, 0.25) is 0 Å². The molecule has 0 aliphatic rings. The summed E-state index contributed by atoms with van der Waals surface area (Å²) in [6, 6.07) is 7.57.